The second-order valence-corrected chi connectivity index (χ2v) is 29.6. The van der Waals surface area contributed by atoms with Crippen molar-refractivity contribution in [1.29, 1.82) is 0 Å². The molecule has 9 aromatic rings. The molecule has 3 heterocycles. The van der Waals surface area contributed by atoms with Gasteiger partial charge in [0.15, 0.2) is 0 Å². The molecule has 4 nitrogen and oxygen atoms in total. The summed E-state index contributed by atoms with van der Waals surface area (Å²) < 4.78 is 57.5. The van der Waals surface area contributed by atoms with Crippen molar-refractivity contribution in [2.45, 2.75) is 90.8 Å². The minimum Gasteiger partial charge on any atom is 0 e. The van der Waals surface area contributed by atoms with E-state index >= 15 is 4.39 Å². The number of aromatic nitrogens is 3. The van der Waals surface area contributed by atoms with E-state index in [0.717, 1.165) is 37.6 Å². The summed E-state index contributed by atoms with van der Waals surface area (Å²) in [6.07, 6.45) is 0.375. The average Bonchev–Trinajstić information content (AvgIpc) is 3.88. The molecule has 7 heteroatoms. The molecule has 0 bridgehead atoms. The van der Waals surface area contributed by atoms with Gasteiger partial charge in [-0.3, -0.25) is 9.37 Å². The third-order valence-corrected chi connectivity index (χ3v) is 15.5. The van der Waals surface area contributed by atoms with E-state index in [1.54, 1.807) is 12.1 Å². The predicted octanol–water partition coefficient (Wildman–Crippen LogP) is 15.4. The van der Waals surface area contributed by atoms with Gasteiger partial charge in [-0.15, -0.1) is 12.1 Å². The molecule has 0 saturated heterocycles. The molecule has 0 unspecified atom stereocenters. The van der Waals surface area contributed by atoms with Crippen molar-refractivity contribution >= 4 is 50.6 Å². The number of nitrogens with zero attached hydrogens (tertiary/aromatic N) is 3. The van der Waals surface area contributed by atoms with Crippen LogP contribution in [0.25, 0.3) is 72.4 Å². The van der Waals surface area contributed by atoms with Crippen molar-refractivity contribution in [3.63, 3.8) is 0 Å². The Morgan fingerprint density at radius 2 is 1.48 bits per heavy atom. The maximum Gasteiger partial charge on any atom is 0 e. The predicted molar refractivity (Wildman–Crippen MR) is 266 cm³/mol. The number of fused-ring (bicyclic) bond motifs is 4. The minimum atomic E-state index is -2.32. The van der Waals surface area contributed by atoms with Gasteiger partial charge in [-0.2, -0.15) is 0 Å². The van der Waals surface area contributed by atoms with E-state index in [1.807, 2.05) is 87.6 Å². The maximum absolute atomic E-state index is 15.3. The van der Waals surface area contributed by atoms with Gasteiger partial charge in [0.2, 0.25) is 0 Å². The molecule has 1 radical (unpaired) electrons. The number of pyridine rings is 1. The van der Waals surface area contributed by atoms with E-state index in [4.69, 9.17) is 14.9 Å². The van der Waals surface area contributed by atoms with Gasteiger partial charge in [-0.1, -0.05) is 93.9 Å². The van der Waals surface area contributed by atoms with Crippen LogP contribution in [-0.2, 0) is 26.5 Å². The molecular formula is C57H58FGeIrN3O-2. The molecule has 0 atom stereocenters. The van der Waals surface area contributed by atoms with Crippen LogP contribution in [0.15, 0.2) is 132 Å². The Morgan fingerprint density at radius 3 is 2.12 bits per heavy atom. The fourth-order valence-corrected chi connectivity index (χ4v) is 11.2. The summed E-state index contributed by atoms with van der Waals surface area (Å²) in [6.45, 7) is 13.7. The summed E-state index contributed by atoms with van der Waals surface area (Å²) in [5, 5.41) is 1.21. The Balaban J connectivity index is 0.000000220. The minimum absolute atomic E-state index is 0. The standard InChI is InChI=1S/C37H30FN2O.C20H28GeN.Ir/c1-22(2)28-20-25(24-12-6-5-7-13-24)21-29(23(3)4)35(28)40-32-16-10-9-15-31(32)39-37(40)27-18-19-30(38)34-26-14-8-11-17-33(26)41-36(27)34;1-15-8-10-16(11-9-15)19-12-17(13-20(2,3)4)18(14-22-19)21(5,6)7;/h5-17,19-23H,1-4H3;8-10,12,14H,13H2,1-7H3;/q2*-1;/i;1D2,13D2;. The molecule has 0 aliphatic heterocycles. The van der Waals surface area contributed by atoms with Gasteiger partial charge in [0, 0.05) is 37.0 Å². The van der Waals surface area contributed by atoms with Crippen molar-refractivity contribution in [2.75, 3.05) is 0 Å². The fourth-order valence-electron chi connectivity index (χ4n) is 8.24. The zero-order valence-electron chi connectivity index (χ0n) is 42.3. The van der Waals surface area contributed by atoms with Gasteiger partial charge in [0.1, 0.15) is 5.58 Å². The second kappa shape index (κ2) is 18.8. The summed E-state index contributed by atoms with van der Waals surface area (Å²) in [4.78, 5) is 9.74. The fraction of sp³-hybridized carbons (Fsp3) is 0.263. The maximum atomic E-state index is 15.3. The Bertz CT molecular complexity index is 3210. The molecule has 0 aliphatic rings. The molecule has 3 aromatic heterocycles. The number of hydrogen-bond acceptors (Lipinski definition) is 3. The molecular weight excluding hydrogens is 1030 g/mol. The van der Waals surface area contributed by atoms with Crippen molar-refractivity contribution in [1.82, 2.24) is 14.5 Å². The van der Waals surface area contributed by atoms with Crippen molar-refractivity contribution < 1.29 is 34.4 Å². The SMILES string of the molecule is CC(C)c1cc(-c2ccccc2)cc(C(C)C)c1-n1c(-c2[c-]cc(F)c3c2oc2ccccc23)nc2ccccc21.[2H]C([2H])c1c[c-]c(-c2cc(C([2H])([2H])C(C)(C)C)[c]([Ge]([CH3])([CH3])[CH3])cn2)cc1.[Ir]. The van der Waals surface area contributed by atoms with Crippen LogP contribution in [0.4, 0.5) is 4.39 Å². The molecule has 64 heavy (non-hydrogen) atoms. The third kappa shape index (κ3) is 9.61. The van der Waals surface area contributed by atoms with Gasteiger partial charge in [-0.05, 0) is 69.8 Å². The smallest absolute Gasteiger partial charge is 0 e. The Kier molecular flexibility index (Phi) is 12.2. The number of benzene rings is 6. The number of furan rings is 1. The first-order chi connectivity index (χ1) is 31.7. The molecule has 9 rings (SSSR count). The Hall–Kier alpha value is -5.14. The van der Waals surface area contributed by atoms with E-state index < -0.39 is 31.9 Å². The van der Waals surface area contributed by atoms with E-state index in [9.17, 15) is 0 Å². The summed E-state index contributed by atoms with van der Waals surface area (Å²) in [6, 6.07) is 45.7. The van der Waals surface area contributed by atoms with Gasteiger partial charge in [-0.25, -0.2) is 0 Å². The molecule has 0 amide bonds. The molecule has 0 fully saturated rings. The first-order valence-electron chi connectivity index (χ1n) is 23.9. The van der Waals surface area contributed by atoms with Crippen molar-refractivity contribution in [2.24, 2.45) is 5.41 Å². The van der Waals surface area contributed by atoms with Crippen molar-refractivity contribution in [3.05, 3.63) is 168 Å². The zero-order chi connectivity index (χ0) is 48.2. The van der Waals surface area contributed by atoms with Crippen LogP contribution in [0.2, 0.25) is 17.3 Å². The molecule has 329 valence electrons. The quantitative estimate of drug-likeness (QED) is 0.112. The van der Waals surface area contributed by atoms with Crippen molar-refractivity contribution in [3.8, 4) is 39.5 Å². The van der Waals surface area contributed by atoms with Crippen LogP contribution in [0.5, 0.6) is 0 Å². The summed E-state index contributed by atoms with van der Waals surface area (Å²) >= 11 is -2.32. The summed E-state index contributed by atoms with van der Waals surface area (Å²) in [5.41, 5.74) is 11.8. The van der Waals surface area contributed by atoms with E-state index in [0.29, 0.717) is 39.2 Å². The molecule has 6 aromatic carbocycles. The first-order valence-corrected chi connectivity index (χ1v) is 29.1. The van der Waals surface area contributed by atoms with E-state index in [2.05, 4.69) is 109 Å². The molecule has 0 saturated carbocycles. The van der Waals surface area contributed by atoms with E-state index in [1.165, 1.54) is 28.3 Å². The number of imidazole rings is 1. The Morgan fingerprint density at radius 1 is 0.812 bits per heavy atom. The second-order valence-electron chi connectivity index (χ2n) is 19.0. The average molecular weight is 1090 g/mol. The van der Waals surface area contributed by atoms with Crippen LogP contribution >= 0.6 is 0 Å². The van der Waals surface area contributed by atoms with Gasteiger partial charge in [0.25, 0.3) is 0 Å². The normalized spacial score (nSPS) is 13.2. The number of aryl methyl sites for hydroxylation is 1. The summed E-state index contributed by atoms with van der Waals surface area (Å²) in [7, 11) is 0. The van der Waals surface area contributed by atoms with Crippen LogP contribution in [0, 0.1) is 30.2 Å². The molecule has 0 N–H and O–H groups in total. The van der Waals surface area contributed by atoms with Crippen LogP contribution < -0.4 is 4.40 Å². The molecule has 0 aliphatic carbocycles. The third-order valence-electron chi connectivity index (χ3n) is 11.3. The topological polar surface area (TPSA) is 43.9 Å². The summed E-state index contributed by atoms with van der Waals surface area (Å²) in [5.74, 6) is 7.57. The largest absolute Gasteiger partial charge is 0 e. The monoisotopic (exact) mass is 1090 g/mol. The number of halogens is 1. The van der Waals surface area contributed by atoms with Gasteiger partial charge in [0.05, 0.1) is 22.4 Å². The van der Waals surface area contributed by atoms with Crippen LogP contribution in [0.3, 0.4) is 0 Å². The van der Waals surface area contributed by atoms with Crippen LogP contribution in [0.1, 0.15) is 88.0 Å². The molecule has 0 spiro atoms. The zero-order valence-corrected chi connectivity index (χ0v) is 42.8. The van der Waals surface area contributed by atoms with Gasteiger partial charge < -0.3 is 8.98 Å². The van der Waals surface area contributed by atoms with Gasteiger partial charge >= 0.3 is 144 Å². The van der Waals surface area contributed by atoms with Crippen LogP contribution in [-0.4, -0.2) is 27.8 Å². The number of para-hydroxylation sites is 3. The Labute approximate surface area is 400 Å². The number of hydrogen-bond donors (Lipinski definition) is 0. The van der Waals surface area contributed by atoms with E-state index in [-0.39, 0.29) is 37.8 Å². The number of rotatable bonds is 8. The first kappa shape index (κ1) is 41.6.